The van der Waals surface area contributed by atoms with Gasteiger partial charge in [0.1, 0.15) is 5.01 Å². The minimum absolute atomic E-state index is 0.00429. The summed E-state index contributed by atoms with van der Waals surface area (Å²) in [6, 6.07) is 7.56. The van der Waals surface area contributed by atoms with Crippen LogP contribution in [0.3, 0.4) is 0 Å². The van der Waals surface area contributed by atoms with Crippen LogP contribution in [0.5, 0.6) is 0 Å². The predicted octanol–water partition coefficient (Wildman–Crippen LogP) is 3.63. The summed E-state index contributed by atoms with van der Waals surface area (Å²) in [6.45, 7) is 2.04. The maximum Gasteiger partial charge on any atom is 0.251 e. The highest BCUT2D eigenvalue weighted by Crippen LogP contribution is 2.19. The number of carbonyl (C=O) groups is 1. The highest BCUT2D eigenvalue weighted by atomic mass is 127. The molecule has 1 unspecified atom stereocenters. The van der Waals surface area contributed by atoms with E-state index in [1.807, 2.05) is 36.6 Å². The lowest BCUT2D eigenvalue weighted by molar-refractivity contribution is 0.0935. The molecule has 18 heavy (non-hydrogen) atoms. The Labute approximate surface area is 124 Å². The van der Waals surface area contributed by atoms with Crippen molar-refractivity contribution in [3.8, 4) is 0 Å². The van der Waals surface area contributed by atoms with Crippen LogP contribution in [0, 0.1) is 3.57 Å². The largest absolute Gasteiger partial charge is 0.343 e. The SMILES string of the molecule is CCC(NC(=O)c1cccc(I)c1)c1nccs1. The summed E-state index contributed by atoms with van der Waals surface area (Å²) in [5.41, 5.74) is 0.692. The van der Waals surface area contributed by atoms with Crippen molar-refractivity contribution in [3.63, 3.8) is 0 Å². The number of aromatic nitrogens is 1. The van der Waals surface area contributed by atoms with Crippen molar-refractivity contribution in [2.45, 2.75) is 19.4 Å². The molecule has 1 heterocycles. The van der Waals surface area contributed by atoms with Gasteiger partial charge >= 0.3 is 0 Å². The van der Waals surface area contributed by atoms with Crippen LogP contribution < -0.4 is 5.32 Å². The van der Waals surface area contributed by atoms with E-state index in [0.29, 0.717) is 5.56 Å². The molecule has 0 bridgehead atoms. The molecule has 1 amide bonds. The summed E-state index contributed by atoms with van der Waals surface area (Å²) in [7, 11) is 0. The maximum atomic E-state index is 12.1. The minimum atomic E-state index is -0.0458. The molecule has 94 valence electrons. The summed E-state index contributed by atoms with van der Waals surface area (Å²) in [5.74, 6) is -0.0458. The second-order valence-electron chi connectivity index (χ2n) is 3.81. The summed E-state index contributed by atoms with van der Waals surface area (Å²) in [6.07, 6.45) is 2.60. The average molecular weight is 372 g/mol. The number of amides is 1. The Balaban J connectivity index is 2.11. The molecule has 0 saturated heterocycles. The van der Waals surface area contributed by atoms with E-state index in [-0.39, 0.29) is 11.9 Å². The van der Waals surface area contributed by atoms with E-state index in [4.69, 9.17) is 0 Å². The topological polar surface area (TPSA) is 42.0 Å². The summed E-state index contributed by atoms with van der Waals surface area (Å²) in [4.78, 5) is 16.4. The van der Waals surface area contributed by atoms with Crippen molar-refractivity contribution >= 4 is 39.8 Å². The third kappa shape index (κ3) is 3.29. The summed E-state index contributed by atoms with van der Waals surface area (Å²) in [5, 5.41) is 5.90. The molecule has 0 spiro atoms. The lowest BCUT2D eigenvalue weighted by atomic mass is 10.2. The van der Waals surface area contributed by atoms with Crippen LogP contribution in [0.4, 0.5) is 0 Å². The van der Waals surface area contributed by atoms with Crippen LogP contribution in [0.2, 0.25) is 0 Å². The fraction of sp³-hybridized carbons (Fsp3) is 0.231. The van der Waals surface area contributed by atoms with Gasteiger partial charge in [0.25, 0.3) is 5.91 Å². The van der Waals surface area contributed by atoms with Gasteiger partial charge in [-0.05, 0) is 47.2 Å². The van der Waals surface area contributed by atoms with E-state index < -0.39 is 0 Å². The average Bonchev–Trinajstić information content (AvgIpc) is 2.89. The van der Waals surface area contributed by atoms with Gasteiger partial charge in [0.05, 0.1) is 6.04 Å². The molecule has 0 aliphatic carbocycles. The molecule has 1 aromatic heterocycles. The van der Waals surface area contributed by atoms with E-state index in [0.717, 1.165) is 15.0 Å². The van der Waals surface area contributed by atoms with Crippen molar-refractivity contribution in [2.75, 3.05) is 0 Å². The molecule has 1 atom stereocenters. The first-order valence-corrected chi connectivity index (χ1v) is 7.62. The summed E-state index contributed by atoms with van der Waals surface area (Å²) < 4.78 is 1.06. The van der Waals surface area contributed by atoms with Gasteiger partial charge in [-0.1, -0.05) is 13.0 Å². The van der Waals surface area contributed by atoms with E-state index >= 15 is 0 Å². The Bertz CT molecular complexity index is 528. The van der Waals surface area contributed by atoms with Crippen LogP contribution in [-0.2, 0) is 0 Å². The lowest BCUT2D eigenvalue weighted by Crippen LogP contribution is -2.28. The number of hydrogen-bond donors (Lipinski definition) is 1. The van der Waals surface area contributed by atoms with Gasteiger partial charge in [0.2, 0.25) is 0 Å². The van der Waals surface area contributed by atoms with Gasteiger partial charge < -0.3 is 5.32 Å². The Morgan fingerprint density at radius 3 is 3.00 bits per heavy atom. The third-order valence-corrected chi connectivity index (χ3v) is 4.11. The number of nitrogens with one attached hydrogen (secondary N) is 1. The summed E-state index contributed by atoms with van der Waals surface area (Å²) >= 11 is 3.77. The number of thiazole rings is 1. The second-order valence-corrected chi connectivity index (χ2v) is 5.99. The molecule has 2 rings (SSSR count). The highest BCUT2D eigenvalue weighted by Gasteiger charge is 2.15. The molecular formula is C13H13IN2OS. The molecule has 0 radical (unpaired) electrons. The molecule has 5 heteroatoms. The highest BCUT2D eigenvalue weighted by molar-refractivity contribution is 14.1. The van der Waals surface area contributed by atoms with Crippen LogP contribution in [-0.4, -0.2) is 10.9 Å². The zero-order chi connectivity index (χ0) is 13.0. The number of nitrogens with zero attached hydrogens (tertiary/aromatic N) is 1. The molecule has 3 nitrogen and oxygen atoms in total. The van der Waals surface area contributed by atoms with Crippen LogP contribution in [0.25, 0.3) is 0 Å². The zero-order valence-corrected chi connectivity index (χ0v) is 12.9. The van der Waals surface area contributed by atoms with Crippen molar-refractivity contribution in [1.82, 2.24) is 10.3 Å². The first-order chi connectivity index (χ1) is 8.70. The van der Waals surface area contributed by atoms with Gasteiger partial charge in [-0.15, -0.1) is 11.3 Å². The molecule has 0 fully saturated rings. The Morgan fingerprint density at radius 2 is 2.39 bits per heavy atom. The van der Waals surface area contributed by atoms with Gasteiger partial charge in [0, 0.05) is 20.7 Å². The quantitative estimate of drug-likeness (QED) is 0.833. The molecule has 1 aromatic carbocycles. The minimum Gasteiger partial charge on any atom is -0.343 e. The van der Waals surface area contributed by atoms with Crippen molar-refractivity contribution < 1.29 is 4.79 Å². The number of benzene rings is 1. The Morgan fingerprint density at radius 1 is 1.56 bits per heavy atom. The van der Waals surface area contributed by atoms with Gasteiger partial charge in [-0.3, -0.25) is 4.79 Å². The lowest BCUT2D eigenvalue weighted by Gasteiger charge is -2.14. The van der Waals surface area contributed by atoms with Gasteiger partial charge in [0.15, 0.2) is 0 Å². The molecule has 0 aliphatic rings. The number of carbonyl (C=O) groups excluding carboxylic acids is 1. The van der Waals surface area contributed by atoms with Crippen LogP contribution >= 0.6 is 33.9 Å². The number of halogens is 1. The van der Waals surface area contributed by atoms with Crippen molar-refractivity contribution in [2.24, 2.45) is 0 Å². The van der Waals surface area contributed by atoms with Gasteiger partial charge in [-0.25, -0.2) is 4.98 Å². The molecule has 0 aliphatic heterocycles. The van der Waals surface area contributed by atoms with Crippen molar-refractivity contribution in [3.05, 3.63) is 50.0 Å². The standard InChI is InChI=1S/C13H13IN2OS/c1-2-11(13-15-6-7-18-13)16-12(17)9-4-3-5-10(14)8-9/h3-8,11H,2H2,1H3,(H,16,17). The normalized spacial score (nSPS) is 12.1. The fourth-order valence-electron chi connectivity index (χ4n) is 1.62. The Hall–Kier alpha value is -0.950. The first-order valence-electron chi connectivity index (χ1n) is 5.66. The van der Waals surface area contributed by atoms with E-state index in [9.17, 15) is 4.79 Å². The third-order valence-electron chi connectivity index (χ3n) is 2.55. The fourth-order valence-corrected chi connectivity index (χ4v) is 2.93. The van der Waals surface area contributed by atoms with E-state index in [1.54, 1.807) is 17.5 Å². The second kappa shape index (κ2) is 6.29. The van der Waals surface area contributed by atoms with E-state index in [1.165, 1.54) is 0 Å². The van der Waals surface area contributed by atoms with Gasteiger partial charge in [-0.2, -0.15) is 0 Å². The molecule has 1 N–H and O–H groups in total. The zero-order valence-electron chi connectivity index (χ0n) is 9.89. The molecule has 0 saturated carbocycles. The van der Waals surface area contributed by atoms with Crippen molar-refractivity contribution in [1.29, 1.82) is 0 Å². The molecular weight excluding hydrogens is 359 g/mol. The van der Waals surface area contributed by atoms with E-state index in [2.05, 4.69) is 32.9 Å². The number of hydrogen-bond acceptors (Lipinski definition) is 3. The monoisotopic (exact) mass is 372 g/mol. The van der Waals surface area contributed by atoms with Crippen LogP contribution in [0.1, 0.15) is 34.8 Å². The predicted molar refractivity (Wildman–Crippen MR) is 81.8 cm³/mol. The maximum absolute atomic E-state index is 12.1. The molecule has 2 aromatic rings. The Kier molecular flexibility index (Phi) is 4.71. The smallest absolute Gasteiger partial charge is 0.251 e. The van der Waals surface area contributed by atoms with Crippen LogP contribution in [0.15, 0.2) is 35.8 Å². The first kappa shape index (κ1) is 13.5. The number of rotatable bonds is 4.